The van der Waals surface area contributed by atoms with Crippen LogP contribution in [0.1, 0.15) is 82.2 Å². The van der Waals surface area contributed by atoms with Gasteiger partial charge in [-0.15, -0.1) is 11.8 Å². The summed E-state index contributed by atoms with van der Waals surface area (Å²) in [6, 6.07) is 0.251. The first-order valence-corrected chi connectivity index (χ1v) is 13.0. The second-order valence-corrected chi connectivity index (χ2v) is 12.7. The van der Waals surface area contributed by atoms with Gasteiger partial charge < -0.3 is 20.3 Å². The van der Waals surface area contributed by atoms with Crippen molar-refractivity contribution in [3.05, 3.63) is 5.76 Å². The number of thioether (sulfide) groups is 1. The molecule has 1 heterocycles. The molecule has 7 nitrogen and oxygen atoms in total. The third-order valence-electron chi connectivity index (χ3n) is 7.94. The molecule has 0 unspecified atom stereocenters. The van der Waals surface area contributed by atoms with Gasteiger partial charge >= 0.3 is 0 Å². The summed E-state index contributed by atoms with van der Waals surface area (Å²) < 4.78 is 11.5. The van der Waals surface area contributed by atoms with Crippen molar-refractivity contribution in [3.8, 4) is 5.88 Å². The summed E-state index contributed by atoms with van der Waals surface area (Å²) >= 11 is 1.64. The largest absolute Gasteiger partial charge is 0.474 e. The molecule has 1 aromatic heterocycles. The zero-order chi connectivity index (χ0) is 22.5. The van der Waals surface area contributed by atoms with Crippen molar-refractivity contribution in [1.29, 1.82) is 0 Å². The lowest BCUT2D eigenvalue weighted by molar-refractivity contribution is -0.120. The number of nitrogens with one attached hydrogen (secondary N) is 1. The second kappa shape index (κ2) is 8.58. The van der Waals surface area contributed by atoms with Crippen LogP contribution in [0, 0.1) is 29.1 Å². The first kappa shape index (κ1) is 22.1. The molecule has 32 heavy (non-hydrogen) atoms. The minimum absolute atomic E-state index is 0.164. The lowest BCUT2D eigenvalue weighted by Crippen LogP contribution is -2.55. The first-order valence-electron chi connectivity index (χ1n) is 12.2. The van der Waals surface area contributed by atoms with Crippen molar-refractivity contribution in [2.24, 2.45) is 34.8 Å². The van der Waals surface area contributed by atoms with Gasteiger partial charge in [0.25, 0.3) is 11.8 Å². The molecular formula is C24H35N3O4S. The van der Waals surface area contributed by atoms with Crippen LogP contribution in [0.3, 0.4) is 0 Å². The summed E-state index contributed by atoms with van der Waals surface area (Å²) in [5.41, 5.74) is 4.94. The van der Waals surface area contributed by atoms with E-state index in [0.717, 1.165) is 24.7 Å². The van der Waals surface area contributed by atoms with Gasteiger partial charge in [-0.2, -0.15) is 0 Å². The van der Waals surface area contributed by atoms with Gasteiger partial charge in [0.1, 0.15) is 4.90 Å². The monoisotopic (exact) mass is 461 g/mol. The highest BCUT2D eigenvalue weighted by Gasteiger charge is 2.49. The van der Waals surface area contributed by atoms with Gasteiger partial charge in [0, 0.05) is 23.1 Å². The molecule has 1 aromatic rings. The van der Waals surface area contributed by atoms with Crippen molar-refractivity contribution < 1.29 is 18.8 Å². The second-order valence-electron chi connectivity index (χ2n) is 11.3. The number of nitrogens with two attached hydrogens (primary N) is 1. The van der Waals surface area contributed by atoms with E-state index in [9.17, 15) is 9.59 Å². The number of nitrogens with zero attached hydrogens (tertiary/aromatic N) is 1. The minimum atomic E-state index is -0.425. The Bertz CT molecular complexity index is 851. The molecule has 4 bridgehead atoms. The maximum atomic E-state index is 13.3. The van der Waals surface area contributed by atoms with E-state index >= 15 is 0 Å². The maximum absolute atomic E-state index is 13.3. The molecule has 8 heteroatoms. The van der Waals surface area contributed by atoms with Gasteiger partial charge in [-0.05, 0) is 73.8 Å². The standard InChI is InChI=1S/C24H35N3O4S/c1-24(2,11-18(25)28)12-30-23-21(32-17-4-3-5-17)20(31-27-23)22(29)26-19-15-7-13-6-14(9-15)10-16(19)8-13/h13-17,19H,3-12H2,1-2H3,(H2,25,28)(H,26,29). The summed E-state index contributed by atoms with van der Waals surface area (Å²) in [6.07, 6.45) is 10.1. The van der Waals surface area contributed by atoms with E-state index in [1.165, 1.54) is 38.5 Å². The Labute approximate surface area is 193 Å². The average Bonchev–Trinajstić information content (AvgIpc) is 3.07. The SMILES string of the molecule is CC(C)(COc1noc(C(=O)NC2C3CC4CC(C3)CC2C4)c1SC1CCC1)CC(N)=O. The predicted molar refractivity (Wildman–Crippen MR) is 121 cm³/mol. The normalized spacial score (nSPS) is 31.4. The van der Waals surface area contributed by atoms with Crippen LogP contribution >= 0.6 is 11.8 Å². The molecule has 5 fully saturated rings. The van der Waals surface area contributed by atoms with Crippen LogP contribution in [-0.2, 0) is 4.79 Å². The quantitative estimate of drug-likeness (QED) is 0.572. The molecule has 0 radical (unpaired) electrons. The number of hydrogen-bond donors (Lipinski definition) is 2. The highest BCUT2D eigenvalue weighted by Crippen LogP contribution is 2.54. The third kappa shape index (κ3) is 4.52. The van der Waals surface area contributed by atoms with Crippen molar-refractivity contribution in [3.63, 3.8) is 0 Å². The number of carbonyl (C=O) groups is 2. The first-order chi connectivity index (χ1) is 15.3. The lowest BCUT2D eigenvalue weighted by atomic mass is 9.54. The minimum Gasteiger partial charge on any atom is -0.474 e. The van der Waals surface area contributed by atoms with Crippen LogP contribution in [0.4, 0.5) is 0 Å². The fourth-order valence-electron chi connectivity index (χ4n) is 6.43. The highest BCUT2D eigenvalue weighted by atomic mass is 32.2. The molecule has 5 aliphatic rings. The molecule has 3 N–H and O–H groups in total. The smallest absolute Gasteiger partial charge is 0.291 e. The number of carbonyl (C=O) groups excluding carboxylic acids is 2. The van der Waals surface area contributed by atoms with Crippen molar-refractivity contribution in [2.45, 2.75) is 87.8 Å². The fourth-order valence-corrected chi connectivity index (χ4v) is 7.76. The molecule has 5 aliphatic carbocycles. The number of aromatic nitrogens is 1. The number of primary amides is 1. The summed E-state index contributed by atoms with van der Waals surface area (Å²) in [7, 11) is 0. The molecule has 0 spiro atoms. The van der Waals surface area contributed by atoms with E-state index in [1.54, 1.807) is 11.8 Å². The Morgan fingerprint density at radius 2 is 1.81 bits per heavy atom. The zero-order valence-corrected chi connectivity index (χ0v) is 19.9. The number of hydrogen-bond acceptors (Lipinski definition) is 6. The van der Waals surface area contributed by atoms with Crippen LogP contribution < -0.4 is 15.8 Å². The number of rotatable bonds is 9. The molecule has 0 aliphatic heterocycles. The van der Waals surface area contributed by atoms with Crippen LogP contribution in [0.5, 0.6) is 5.88 Å². The third-order valence-corrected chi connectivity index (χ3v) is 9.34. The van der Waals surface area contributed by atoms with Gasteiger partial charge in [0.05, 0.1) is 6.61 Å². The molecule has 5 saturated carbocycles. The van der Waals surface area contributed by atoms with E-state index in [4.69, 9.17) is 15.0 Å². The van der Waals surface area contributed by atoms with E-state index < -0.39 is 5.41 Å². The van der Waals surface area contributed by atoms with Gasteiger partial charge in [-0.3, -0.25) is 9.59 Å². The Morgan fingerprint density at radius 3 is 2.38 bits per heavy atom. The van der Waals surface area contributed by atoms with E-state index in [2.05, 4.69) is 10.5 Å². The van der Waals surface area contributed by atoms with Crippen LogP contribution in [0.15, 0.2) is 9.42 Å². The lowest BCUT2D eigenvalue weighted by Gasteiger charge is -2.54. The summed E-state index contributed by atoms with van der Waals surface area (Å²) in [6.45, 7) is 4.13. The molecule has 0 saturated heterocycles. The fraction of sp³-hybridized carbons (Fsp3) is 0.792. The number of amides is 2. The Kier molecular flexibility index (Phi) is 5.93. The number of ether oxygens (including phenoxy) is 1. The van der Waals surface area contributed by atoms with Crippen molar-refractivity contribution in [2.75, 3.05) is 6.61 Å². The van der Waals surface area contributed by atoms with Crippen molar-refractivity contribution >= 4 is 23.6 Å². The van der Waals surface area contributed by atoms with E-state index in [0.29, 0.717) is 27.9 Å². The van der Waals surface area contributed by atoms with Gasteiger partial charge in [0.15, 0.2) is 0 Å². The molecule has 2 amide bonds. The Morgan fingerprint density at radius 1 is 1.16 bits per heavy atom. The van der Waals surface area contributed by atoms with Crippen LogP contribution in [0.2, 0.25) is 0 Å². The van der Waals surface area contributed by atoms with E-state index in [-0.39, 0.29) is 36.6 Å². The van der Waals surface area contributed by atoms with Gasteiger partial charge in [-0.25, -0.2) is 0 Å². The Balaban J connectivity index is 1.30. The van der Waals surface area contributed by atoms with Gasteiger partial charge in [0.2, 0.25) is 11.7 Å². The van der Waals surface area contributed by atoms with E-state index in [1.807, 2.05) is 13.8 Å². The topological polar surface area (TPSA) is 107 Å². The molecule has 176 valence electrons. The highest BCUT2D eigenvalue weighted by molar-refractivity contribution is 8.00. The zero-order valence-electron chi connectivity index (χ0n) is 19.1. The maximum Gasteiger partial charge on any atom is 0.291 e. The van der Waals surface area contributed by atoms with Crippen LogP contribution in [0.25, 0.3) is 0 Å². The average molecular weight is 462 g/mol. The predicted octanol–water partition coefficient (Wildman–Crippen LogP) is 4.15. The molecular weight excluding hydrogens is 426 g/mol. The summed E-state index contributed by atoms with van der Waals surface area (Å²) in [5, 5.41) is 7.92. The summed E-state index contributed by atoms with van der Waals surface area (Å²) in [5.74, 6) is 3.04. The van der Waals surface area contributed by atoms with Gasteiger partial charge in [-0.1, -0.05) is 20.3 Å². The molecule has 0 atom stereocenters. The van der Waals surface area contributed by atoms with Crippen molar-refractivity contribution in [1.82, 2.24) is 10.5 Å². The Hall–Kier alpha value is -1.70. The van der Waals surface area contributed by atoms with Crippen LogP contribution in [-0.4, -0.2) is 34.9 Å². The molecule has 0 aromatic carbocycles. The molecule has 6 rings (SSSR count). The summed E-state index contributed by atoms with van der Waals surface area (Å²) in [4.78, 5) is 25.4.